The summed E-state index contributed by atoms with van der Waals surface area (Å²) < 4.78 is 10.3. The van der Waals surface area contributed by atoms with Crippen LogP contribution in [0.2, 0.25) is 0 Å². The van der Waals surface area contributed by atoms with E-state index in [0.29, 0.717) is 11.1 Å². The minimum absolute atomic E-state index is 0.0987. The molecule has 0 aliphatic carbocycles. The number of fused-ring (bicyclic) bond motifs is 1. The van der Waals surface area contributed by atoms with E-state index >= 15 is 0 Å². The van der Waals surface area contributed by atoms with Crippen LogP contribution in [0.1, 0.15) is 11.1 Å². The van der Waals surface area contributed by atoms with Crippen LogP contribution in [-0.4, -0.2) is 24.3 Å². The largest absolute Gasteiger partial charge is 0.502 e. The number of allylic oxidation sites excluding steroid dienone is 1. The number of ether oxygens (including phenoxy) is 2. The molecule has 1 N–H and O–H groups in total. The third-order valence-electron chi connectivity index (χ3n) is 3.83. The van der Waals surface area contributed by atoms with Gasteiger partial charge in [-0.25, -0.2) is 0 Å². The first kappa shape index (κ1) is 16.3. The molecule has 0 atom stereocenters. The van der Waals surface area contributed by atoms with Crippen LogP contribution < -0.4 is 9.47 Å². The van der Waals surface area contributed by atoms with Crippen LogP contribution in [0.15, 0.2) is 48.7 Å². The van der Waals surface area contributed by atoms with Gasteiger partial charge in [-0.15, -0.1) is 0 Å². The van der Waals surface area contributed by atoms with E-state index in [0.717, 1.165) is 16.5 Å². The Morgan fingerprint density at radius 2 is 1.80 bits per heavy atom. The van der Waals surface area contributed by atoms with Gasteiger partial charge in [0.25, 0.3) is 0 Å². The van der Waals surface area contributed by atoms with E-state index in [1.807, 2.05) is 30.3 Å². The molecule has 0 aliphatic rings. The summed E-state index contributed by atoms with van der Waals surface area (Å²) in [5.41, 5.74) is 2.70. The van der Waals surface area contributed by atoms with E-state index in [1.54, 1.807) is 24.4 Å². The number of phenols is 1. The average molecular weight is 332 g/mol. The maximum absolute atomic E-state index is 10.0. The second kappa shape index (κ2) is 6.93. The SMILES string of the molecule is COc1cc(/C(C#N)=C/c2cnc3ccccc3c2)cc(OC)c1O. The lowest BCUT2D eigenvalue weighted by atomic mass is 10.0. The summed E-state index contributed by atoms with van der Waals surface area (Å²) in [5.74, 6) is 0.387. The van der Waals surface area contributed by atoms with E-state index in [9.17, 15) is 10.4 Å². The van der Waals surface area contributed by atoms with Crippen LogP contribution in [0.25, 0.3) is 22.6 Å². The molecular formula is C20H16N2O3. The maximum atomic E-state index is 10.0. The van der Waals surface area contributed by atoms with E-state index in [1.165, 1.54) is 14.2 Å². The Hall–Kier alpha value is -3.52. The van der Waals surface area contributed by atoms with Crippen LogP contribution in [0.3, 0.4) is 0 Å². The predicted octanol–water partition coefficient (Wildman–Crippen LogP) is 4.02. The highest BCUT2D eigenvalue weighted by Crippen LogP contribution is 2.39. The van der Waals surface area contributed by atoms with Crippen molar-refractivity contribution in [3.05, 3.63) is 59.8 Å². The zero-order chi connectivity index (χ0) is 17.8. The molecule has 5 nitrogen and oxygen atoms in total. The van der Waals surface area contributed by atoms with Gasteiger partial charge in [-0.1, -0.05) is 18.2 Å². The lowest BCUT2D eigenvalue weighted by Crippen LogP contribution is -1.92. The zero-order valence-corrected chi connectivity index (χ0v) is 13.9. The van der Waals surface area contributed by atoms with Crippen LogP contribution in [0, 0.1) is 11.3 Å². The number of para-hydroxylation sites is 1. The van der Waals surface area contributed by atoms with Crippen LogP contribution in [0.4, 0.5) is 0 Å². The minimum Gasteiger partial charge on any atom is -0.502 e. The van der Waals surface area contributed by atoms with Crippen molar-refractivity contribution >= 4 is 22.6 Å². The molecule has 0 fully saturated rings. The fourth-order valence-corrected chi connectivity index (χ4v) is 2.56. The molecule has 0 saturated carbocycles. The molecule has 3 rings (SSSR count). The highest BCUT2D eigenvalue weighted by atomic mass is 16.5. The first-order valence-electron chi connectivity index (χ1n) is 7.58. The number of nitriles is 1. The van der Waals surface area contributed by atoms with Gasteiger partial charge in [0.15, 0.2) is 11.5 Å². The van der Waals surface area contributed by atoms with Crippen molar-refractivity contribution in [2.24, 2.45) is 0 Å². The van der Waals surface area contributed by atoms with Crippen molar-refractivity contribution in [1.82, 2.24) is 4.98 Å². The first-order valence-corrected chi connectivity index (χ1v) is 7.58. The van der Waals surface area contributed by atoms with Gasteiger partial charge in [-0.2, -0.15) is 5.26 Å². The van der Waals surface area contributed by atoms with E-state index < -0.39 is 0 Å². The average Bonchev–Trinajstić information content (AvgIpc) is 2.66. The quantitative estimate of drug-likeness (QED) is 0.730. The number of phenolic OH excluding ortho intramolecular Hbond substituents is 1. The molecule has 5 heteroatoms. The highest BCUT2D eigenvalue weighted by Gasteiger charge is 2.13. The second-order valence-electron chi connectivity index (χ2n) is 5.36. The molecule has 0 spiro atoms. The summed E-state index contributed by atoms with van der Waals surface area (Å²) in [4.78, 5) is 4.40. The number of hydrogen-bond acceptors (Lipinski definition) is 5. The lowest BCUT2D eigenvalue weighted by molar-refractivity contribution is 0.339. The molecule has 0 bridgehead atoms. The lowest BCUT2D eigenvalue weighted by Gasteiger charge is -2.11. The summed E-state index contributed by atoms with van der Waals surface area (Å²) in [6.45, 7) is 0. The molecule has 2 aromatic carbocycles. The van der Waals surface area contributed by atoms with E-state index in [-0.39, 0.29) is 17.2 Å². The van der Waals surface area contributed by atoms with Crippen LogP contribution in [0.5, 0.6) is 17.2 Å². The molecule has 0 unspecified atom stereocenters. The maximum Gasteiger partial charge on any atom is 0.200 e. The second-order valence-corrected chi connectivity index (χ2v) is 5.36. The highest BCUT2D eigenvalue weighted by molar-refractivity contribution is 5.92. The Morgan fingerprint density at radius 3 is 2.44 bits per heavy atom. The van der Waals surface area contributed by atoms with E-state index in [4.69, 9.17) is 9.47 Å². The number of rotatable bonds is 4. The summed E-state index contributed by atoms with van der Waals surface area (Å²) >= 11 is 0. The molecule has 0 saturated heterocycles. The Bertz CT molecular complexity index is 978. The topological polar surface area (TPSA) is 75.4 Å². The predicted molar refractivity (Wildman–Crippen MR) is 96.4 cm³/mol. The van der Waals surface area contributed by atoms with Crippen LogP contribution >= 0.6 is 0 Å². The molecule has 124 valence electrons. The van der Waals surface area contributed by atoms with Crippen molar-refractivity contribution in [1.29, 1.82) is 5.26 Å². The summed E-state index contributed by atoms with van der Waals surface area (Å²) in [5, 5.41) is 20.6. The minimum atomic E-state index is -0.0987. The number of hydrogen-bond donors (Lipinski definition) is 1. The summed E-state index contributed by atoms with van der Waals surface area (Å²) in [6.07, 6.45) is 3.46. The number of pyridine rings is 1. The van der Waals surface area contributed by atoms with Crippen molar-refractivity contribution in [2.45, 2.75) is 0 Å². The van der Waals surface area contributed by atoms with Crippen LogP contribution in [-0.2, 0) is 0 Å². The van der Waals surface area contributed by atoms with Gasteiger partial charge in [0.05, 0.1) is 31.4 Å². The number of methoxy groups -OCH3 is 2. The molecule has 25 heavy (non-hydrogen) atoms. The van der Waals surface area contributed by atoms with Gasteiger partial charge < -0.3 is 14.6 Å². The van der Waals surface area contributed by atoms with Crippen molar-refractivity contribution in [3.8, 4) is 23.3 Å². The summed E-state index contributed by atoms with van der Waals surface area (Å²) in [6, 6.07) is 15.1. The van der Waals surface area contributed by atoms with Crippen molar-refractivity contribution < 1.29 is 14.6 Å². The molecular weight excluding hydrogens is 316 g/mol. The molecule has 0 aliphatic heterocycles. The van der Waals surface area contributed by atoms with E-state index in [2.05, 4.69) is 11.1 Å². The van der Waals surface area contributed by atoms with Gasteiger partial charge in [-0.3, -0.25) is 4.98 Å². The first-order chi connectivity index (χ1) is 12.2. The number of aromatic hydroxyl groups is 1. The Balaban J connectivity index is 2.10. The standard InChI is InChI=1S/C20H16N2O3/c1-24-18-9-15(10-19(25-2)20(18)23)16(11-21)8-13-7-14-5-3-4-6-17(14)22-12-13/h3-10,12,23H,1-2H3/b16-8+. The Kier molecular flexibility index (Phi) is 4.53. The zero-order valence-electron chi connectivity index (χ0n) is 13.9. The molecule has 3 aromatic rings. The smallest absolute Gasteiger partial charge is 0.200 e. The fraction of sp³-hybridized carbons (Fsp3) is 0.100. The third kappa shape index (κ3) is 3.24. The summed E-state index contributed by atoms with van der Waals surface area (Å²) in [7, 11) is 2.89. The molecule has 0 amide bonds. The number of benzene rings is 2. The van der Waals surface area contributed by atoms with Crippen molar-refractivity contribution in [3.63, 3.8) is 0 Å². The normalized spacial score (nSPS) is 11.2. The van der Waals surface area contributed by atoms with Gasteiger partial charge in [0, 0.05) is 11.6 Å². The number of nitrogens with zero attached hydrogens (tertiary/aromatic N) is 2. The van der Waals surface area contributed by atoms with Gasteiger partial charge >= 0.3 is 0 Å². The Morgan fingerprint density at radius 1 is 1.12 bits per heavy atom. The number of aromatic nitrogens is 1. The molecule has 1 aromatic heterocycles. The fourth-order valence-electron chi connectivity index (χ4n) is 2.56. The van der Waals surface area contributed by atoms with Crippen molar-refractivity contribution in [2.75, 3.05) is 14.2 Å². The molecule has 0 radical (unpaired) electrons. The van der Waals surface area contributed by atoms with Gasteiger partial charge in [0.1, 0.15) is 0 Å². The van der Waals surface area contributed by atoms with Gasteiger partial charge in [-0.05, 0) is 41.5 Å². The third-order valence-corrected chi connectivity index (χ3v) is 3.83. The van der Waals surface area contributed by atoms with Gasteiger partial charge in [0.2, 0.25) is 5.75 Å². The Labute approximate surface area is 145 Å². The monoisotopic (exact) mass is 332 g/mol. The molecule has 1 heterocycles.